The van der Waals surface area contributed by atoms with Gasteiger partial charge in [-0.25, -0.2) is 0 Å². The smallest absolute Gasteiger partial charge is 0.156 e. The Morgan fingerprint density at radius 2 is 2.70 bits per heavy atom. The number of rotatable bonds is 2. The summed E-state index contributed by atoms with van der Waals surface area (Å²) in [6, 6.07) is 1.97. The summed E-state index contributed by atoms with van der Waals surface area (Å²) in [7, 11) is 1.56. The van der Waals surface area contributed by atoms with Gasteiger partial charge in [-0.1, -0.05) is 0 Å². The minimum atomic E-state index is 0.267. The normalized spacial score (nSPS) is 8.80. The van der Waals surface area contributed by atoms with Crippen molar-refractivity contribution in [3.63, 3.8) is 0 Å². The molecule has 0 fully saturated rings. The zero-order valence-electron chi connectivity index (χ0n) is 5.61. The molecular weight excluding hydrogens is 130 g/mol. The quantitative estimate of drug-likeness (QED) is 0.593. The van der Waals surface area contributed by atoms with E-state index in [-0.39, 0.29) is 6.54 Å². The van der Waals surface area contributed by atoms with Gasteiger partial charge in [0, 0.05) is 0 Å². The van der Waals surface area contributed by atoms with Crippen LogP contribution in [0.25, 0.3) is 0 Å². The van der Waals surface area contributed by atoms with Gasteiger partial charge in [0.15, 0.2) is 5.75 Å². The predicted molar refractivity (Wildman–Crippen MR) is 34.4 cm³/mol. The average molecular weight is 137 g/mol. The molecule has 1 heterocycles. The van der Waals surface area contributed by atoms with Crippen LogP contribution < -0.4 is 4.74 Å². The highest BCUT2D eigenvalue weighted by atomic mass is 16.5. The maximum absolute atomic E-state index is 8.25. The number of nitrogens with zero attached hydrogens (tertiary/aromatic N) is 3. The predicted octanol–water partition coefficient (Wildman–Crippen LogP) is 0.415. The molecule has 1 aromatic rings. The van der Waals surface area contributed by atoms with Gasteiger partial charge in [-0.05, 0) is 0 Å². The first-order valence-corrected chi connectivity index (χ1v) is 2.80. The molecule has 4 nitrogen and oxygen atoms in total. The van der Waals surface area contributed by atoms with Crippen LogP contribution in [-0.4, -0.2) is 16.9 Å². The average Bonchev–Trinajstić information content (AvgIpc) is 2.37. The maximum Gasteiger partial charge on any atom is 0.156 e. The molecule has 0 saturated carbocycles. The first-order chi connectivity index (χ1) is 4.86. The molecule has 4 heteroatoms. The number of ether oxygens (including phenoxy) is 1. The summed E-state index contributed by atoms with van der Waals surface area (Å²) < 4.78 is 6.36. The zero-order chi connectivity index (χ0) is 7.40. The van der Waals surface area contributed by atoms with Gasteiger partial charge in [0.1, 0.15) is 6.54 Å². The van der Waals surface area contributed by atoms with Crippen molar-refractivity contribution in [2.45, 2.75) is 6.54 Å². The van der Waals surface area contributed by atoms with Gasteiger partial charge in [-0.3, -0.25) is 4.68 Å². The minimum absolute atomic E-state index is 0.267. The molecule has 0 aromatic carbocycles. The third-order valence-electron chi connectivity index (χ3n) is 1.08. The van der Waals surface area contributed by atoms with Crippen molar-refractivity contribution >= 4 is 0 Å². The Labute approximate surface area is 58.6 Å². The topological polar surface area (TPSA) is 50.8 Å². The van der Waals surface area contributed by atoms with Crippen molar-refractivity contribution < 1.29 is 4.74 Å². The van der Waals surface area contributed by atoms with Crippen molar-refractivity contribution in [1.29, 1.82) is 5.26 Å². The summed E-state index contributed by atoms with van der Waals surface area (Å²) in [5.41, 5.74) is 0. The Balaban J connectivity index is 2.70. The van der Waals surface area contributed by atoms with E-state index in [1.54, 1.807) is 19.5 Å². The molecule has 0 radical (unpaired) electrons. The molecule has 1 rings (SSSR count). The van der Waals surface area contributed by atoms with Gasteiger partial charge in [-0.15, -0.1) is 0 Å². The number of aromatic nitrogens is 2. The molecule has 0 aliphatic heterocycles. The van der Waals surface area contributed by atoms with Gasteiger partial charge in [0.25, 0.3) is 0 Å². The van der Waals surface area contributed by atoms with E-state index in [4.69, 9.17) is 10.00 Å². The first-order valence-electron chi connectivity index (χ1n) is 2.80. The van der Waals surface area contributed by atoms with Gasteiger partial charge in [-0.2, -0.15) is 10.4 Å². The van der Waals surface area contributed by atoms with Crippen LogP contribution in [0.5, 0.6) is 5.75 Å². The number of hydrogen-bond donors (Lipinski definition) is 0. The minimum Gasteiger partial charge on any atom is -0.493 e. The third-order valence-corrected chi connectivity index (χ3v) is 1.08. The van der Waals surface area contributed by atoms with Crippen LogP contribution in [0.1, 0.15) is 0 Å². The Morgan fingerprint density at radius 1 is 1.90 bits per heavy atom. The fourth-order valence-electron chi connectivity index (χ4n) is 0.609. The monoisotopic (exact) mass is 137 g/mol. The van der Waals surface area contributed by atoms with Crippen LogP contribution in [0.15, 0.2) is 12.4 Å². The molecule has 0 spiro atoms. The molecule has 0 aliphatic rings. The Hall–Kier alpha value is -1.50. The van der Waals surface area contributed by atoms with E-state index in [0.717, 1.165) is 0 Å². The second kappa shape index (κ2) is 2.87. The van der Waals surface area contributed by atoms with Gasteiger partial charge < -0.3 is 4.74 Å². The highest BCUT2D eigenvalue weighted by Gasteiger charge is 1.94. The zero-order valence-corrected chi connectivity index (χ0v) is 5.61. The van der Waals surface area contributed by atoms with Crippen LogP contribution in [0.2, 0.25) is 0 Å². The first kappa shape index (κ1) is 6.62. The van der Waals surface area contributed by atoms with Gasteiger partial charge in [0.2, 0.25) is 0 Å². The van der Waals surface area contributed by atoms with E-state index in [1.807, 2.05) is 6.07 Å². The van der Waals surface area contributed by atoms with Crippen molar-refractivity contribution in [2.75, 3.05) is 7.11 Å². The van der Waals surface area contributed by atoms with Crippen molar-refractivity contribution in [3.8, 4) is 11.8 Å². The lowest BCUT2D eigenvalue weighted by molar-refractivity contribution is 0.414. The SMILES string of the molecule is COc1cnn(CC#N)c1. The number of hydrogen-bond acceptors (Lipinski definition) is 3. The highest BCUT2D eigenvalue weighted by molar-refractivity contribution is 5.11. The standard InChI is InChI=1S/C6H7N3O/c1-10-6-4-8-9(5-6)3-2-7/h4-5H,3H2,1H3. The number of methoxy groups -OCH3 is 1. The van der Waals surface area contributed by atoms with Crippen LogP contribution in [0, 0.1) is 11.3 Å². The lowest BCUT2D eigenvalue weighted by atomic mass is 10.6. The van der Waals surface area contributed by atoms with Crippen molar-refractivity contribution in [3.05, 3.63) is 12.4 Å². The molecule has 1 aromatic heterocycles. The Kier molecular flexibility index (Phi) is 1.90. The van der Waals surface area contributed by atoms with Gasteiger partial charge >= 0.3 is 0 Å². The second-order valence-corrected chi connectivity index (χ2v) is 1.74. The summed E-state index contributed by atoms with van der Waals surface area (Å²) in [5, 5.41) is 12.1. The fourth-order valence-corrected chi connectivity index (χ4v) is 0.609. The largest absolute Gasteiger partial charge is 0.493 e. The molecule has 0 unspecified atom stereocenters. The van der Waals surface area contributed by atoms with E-state index >= 15 is 0 Å². The molecular formula is C6H7N3O. The number of nitriles is 1. The van der Waals surface area contributed by atoms with Crippen molar-refractivity contribution in [2.24, 2.45) is 0 Å². The lowest BCUT2D eigenvalue weighted by Gasteiger charge is -1.89. The van der Waals surface area contributed by atoms with Crippen LogP contribution >= 0.6 is 0 Å². The molecule has 0 aliphatic carbocycles. The van der Waals surface area contributed by atoms with E-state index in [2.05, 4.69) is 5.10 Å². The van der Waals surface area contributed by atoms with Crippen LogP contribution in [0.4, 0.5) is 0 Å². The Bertz CT molecular complexity index is 248. The van der Waals surface area contributed by atoms with E-state index in [0.29, 0.717) is 5.75 Å². The van der Waals surface area contributed by atoms with E-state index in [9.17, 15) is 0 Å². The molecule has 52 valence electrons. The van der Waals surface area contributed by atoms with Gasteiger partial charge in [0.05, 0.1) is 25.6 Å². The molecule has 0 bridgehead atoms. The van der Waals surface area contributed by atoms with Crippen LogP contribution in [0.3, 0.4) is 0 Å². The molecule has 0 amide bonds. The summed E-state index contributed by atoms with van der Waals surface area (Å²) in [4.78, 5) is 0. The highest BCUT2D eigenvalue weighted by Crippen LogP contribution is 2.05. The molecule has 0 N–H and O–H groups in total. The molecule has 0 saturated heterocycles. The summed E-state index contributed by atoms with van der Waals surface area (Å²) >= 11 is 0. The summed E-state index contributed by atoms with van der Waals surface area (Å²) in [6.45, 7) is 0.267. The fraction of sp³-hybridized carbons (Fsp3) is 0.333. The second-order valence-electron chi connectivity index (χ2n) is 1.74. The van der Waals surface area contributed by atoms with E-state index < -0.39 is 0 Å². The van der Waals surface area contributed by atoms with E-state index in [1.165, 1.54) is 4.68 Å². The summed E-state index contributed by atoms with van der Waals surface area (Å²) in [5.74, 6) is 0.676. The van der Waals surface area contributed by atoms with Crippen LogP contribution in [-0.2, 0) is 6.54 Å². The molecule has 0 atom stereocenters. The third kappa shape index (κ3) is 1.26. The maximum atomic E-state index is 8.25. The van der Waals surface area contributed by atoms with Crippen molar-refractivity contribution in [1.82, 2.24) is 9.78 Å². The Morgan fingerprint density at radius 3 is 3.20 bits per heavy atom. The molecule has 10 heavy (non-hydrogen) atoms. The lowest BCUT2D eigenvalue weighted by Crippen LogP contribution is -1.93. The summed E-state index contributed by atoms with van der Waals surface area (Å²) in [6.07, 6.45) is 3.24.